The molecule has 0 bridgehead atoms. The van der Waals surface area contributed by atoms with Crippen LogP contribution in [0.25, 0.3) is 0 Å². The predicted octanol–water partition coefficient (Wildman–Crippen LogP) is 1.31. The van der Waals surface area contributed by atoms with Crippen molar-refractivity contribution in [3.8, 4) is 5.75 Å². The molecule has 0 unspecified atom stereocenters. The molecule has 2 amide bonds. The second kappa shape index (κ2) is 10.7. The van der Waals surface area contributed by atoms with Gasteiger partial charge in [-0.1, -0.05) is 12.1 Å². The Kier molecular flexibility index (Phi) is 8.01. The first kappa shape index (κ1) is 24.6. The number of hydrogen-bond donors (Lipinski definition) is 2. The average molecular weight is 480 g/mol. The van der Waals surface area contributed by atoms with E-state index in [9.17, 15) is 22.4 Å². The Hall–Kier alpha value is -3.02. The van der Waals surface area contributed by atoms with Crippen LogP contribution in [-0.4, -0.2) is 57.6 Å². The van der Waals surface area contributed by atoms with E-state index >= 15 is 0 Å². The third-order valence-corrected chi connectivity index (χ3v) is 7.01. The number of methoxy groups -OCH3 is 1. The molecule has 1 heterocycles. The molecule has 0 saturated carbocycles. The highest BCUT2D eigenvalue weighted by Crippen LogP contribution is 2.23. The third-order valence-electron chi connectivity index (χ3n) is 5.12. The number of hydrogen-bond acceptors (Lipinski definition) is 6. The van der Waals surface area contributed by atoms with Crippen molar-refractivity contribution < 1.29 is 31.9 Å². The minimum Gasteiger partial charge on any atom is -0.497 e. The van der Waals surface area contributed by atoms with Gasteiger partial charge in [-0.2, -0.15) is 4.31 Å². The molecule has 0 spiro atoms. The zero-order valence-corrected chi connectivity index (χ0v) is 19.2. The second-order valence-electron chi connectivity index (χ2n) is 7.45. The van der Waals surface area contributed by atoms with Gasteiger partial charge in [0.25, 0.3) is 0 Å². The summed E-state index contributed by atoms with van der Waals surface area (Å²) < 4.78 is 51.5. The van der Waals surface area contributed by atoms with Crippen LogP contribution >= 0.6 is 0 Å². The second-order valence-corrected chi connectivity index (χ2v) is 9.34. The Morgan fingerprint density at radius 2 is 1.94 bits per heavy atom. The maximum absolute atomic E-state index is 13.6. The quantitative estimate of drug-likeness (QED) is 0.579. The number of carbonyl (C=O) groups is 2. The van der Waals surface area contributed by atoms with Crippen molar-refractivity contribution in [3.63, 3.8) is 0 Å². The predicted molar refractivity (Wildman–Crippen MR) is 117 cm³/mol. The zero-order valence-electron chi connectivity index (χ0n) is 18.3. The van der Waals surface area contributed by atoms with Crippen molar-refractivity contribution in [2.45, 2.75) is 31.0 Å². The molecular formula is C22H26FN3O6S. The van der Waals surface area contributed by atoms with E-state index in [0.29, 0.717) is 18.8 Å². The zero-order chi connectivity index (χ0) is 24.0. The fourth-order valence-corrected chi connectivity index (χ4v) is 4.97. The minimum absolute atomic E-state index is 0.0701. The molecule has 1 atom stereocenters. The Balaban J connectivity index is 1.60. The van der Waals surface area contributed by atoms with Gasteiger partial charge in [0.05, 0.1) is 25.2 Å². The van der Waals surface area contributed by atoms with Crippen molar-refractivity contribution >= 4 is 21.8 Å². The maximum Gasteiger partial charge on any atom is 0.309 e. The van der Waals surface area contributed by atoms with Crippen LogP contribution < -0.4 is 15.4 Å². The van der Waals surface area contributed by atoms with Gasteiger partial charge in [0.1, 0.15) is 17.8 Å². The summed E-state index contributed by atoms with van der Waals surface area (Å²) in [5.74, 6) is -1.66. The van der Waals surface area contributed by atoms with Gasteiger partial charge in [0, 0.05) is 13.1 Å². The Bertz CT molecular complexity index is 1120. The fourth-order valence-electron chi connectivity index (χ4n) is 3.32. The van der Waals surface area contributed by atoms with Gasteiger partial charge >= 0.3 is 11.8 Å². The van der Waals surface area contributed by atoms with E-state index in [2.05, 4.69) is 10.6 Å². The molecule has 1 aliphatic heterocycles. The Morgan fingerprint density at radius 1 is 1.18 bits per heavy atom. The van der Waals surface area contributed by atoms with Gasteiger partial charge in [0.2, 0.25) is 10.0 Å². The first-order valence-electron chi connectivity index (χ1n) is 10.3. The van der Waals surface area contributed by atoms with E-state index in [0.717, 1.165) is 15.9 Å². The van der Waals surface area contributed by atoms with Crippen molar-refractivity contribution in [3.05, 3.63) is 59.4 Å². The highest BCUT2D eigenvalue weighted by molar-refractivity contribution is 7.89. The summed E-state index contributed by atoms with van der Waals surface area (Å²) in [4.78, 5) is 24.3. The van der Waals surface area contributed by atoms with E-state index in [-0.39, 0.29) is 30.1 Å². The van der Waals surface area contributed by atoms with Crippen LogP contribution in [0.5, 0.6) is 5.75 Å². The average Bonchev–Trinajstić information content (AvgIpc) is 2.82. The van der Waals surface area contributed by atoms with Gasteiger partial charge in [-0.05, 0) is 54.8 Å². The summed E-state index contributed by atoms with van der Waals surface area (Å²) >= 11 is 0. The molecule has 178 valence electrons. The van der Waals surface area contributed by atoms with Crippen LogP contribution in [0.3, 0.4) is 0 Å². The van der Waals surface area contributed by atoms with Crippen LogP contribution in [0, 0.1) is 12.7 Å². The Morgan fingerprint density at radius 3 is 2.67 bits per heavy atom. The summed E-state index contributed by atoms with van der Waals surface area (Å²) in [5.41, 5.74) is 0.949. The van der Waals surface area contributed by atoms with Gasteiger partial charge in [-0.3, -0.25) is 9.59 Å². The third kappa shape index (κ3) is 6.06. The molecule has 0 radical (unpaired) electrons. The smallest absolute Gasteiger partial charge is 0.309 e. The van der Waals surface area contributed by atoms with Crippen molar-refractivity contribution in [2.75, 3.05) is 26.8 Å². The standard InChI is InChI=1S/C22H26FN3O6S/c1-15-11-18(7-8-19(15)23)33(29,30)26-9-4-10-32-20(26)14-25-22(28)21(27)24-13-16-5-3-6-17(12-16)31-2/h3,5-8,11-12,20H,4,9-10,13-14H2,1-2H3,(H,24,27)(H,25,28)/t20-/m1/s1. The van der Waals surface area contributed by atoms with Crippen LogP contribution in [0.4, 0.5) is 4.39 Å². The molecule has 2 N–H and O–H groups in total. The molecule has 9 nitrogen and oxygen atoms in total. The van der Waals surface area contributed by atoms with Crippen molar-refractivity contribution in [1.82, 2.24) is 14.9 Å². The number of nitrogens with zero attached hydrogens (tertiary/aromatic N) is 1. The van der Waals surface area contributed by atoms with Crippen LogP contribution in [0.1, 0.15) is 17.5 Å². The summed E-state index contributed by atoms with van der Waals surface area (Å²) in [6.07, 6.45) is -0.533. The van der Waals surface area contributed by atoms with E-state index in [1.54, 1.807) is 24.3 Å². The van der Waals surface area contributed by atoms with Gasteiger partial charge in [-0.25, -0.2) is 12.8 Å². The van der Waals surface area contributed by atoms with Crippen LogP contribution in [0.15, 0.2) is 47.4 Å². The number of amides is 2. The lowest BCUT2D eigenvalue weighted by Gasteiger charge is -2.34. The number of sulfonamides is 1. The molecule has 0 aliphatic carbocycles. The van der Waals surface area contributed by atoms with E-state index in [4.69, 9.17) is 9.47 Å². The molecule has 2 aromatic carbocycles. The van der Waals surface area contributed by atoms with E-state index in [1.165, 1.54) is 26.2 Å². The number of halogens is 1. The normalized spacial score (nSPS) is 16.8. The van der Waals surface area contributed by atoms with E-state index in [1.807, 2.05) is 0 Å². The van der Waals surface area contributed by atoms with Crippen LogP contribution in [-0.2, 0) is 30.9 Å². The minimum atomic E-state index is -3.99. The number of rotatable bonds is 7. The SMILES string of the molecule is COc1cccc(CNC(=O)C(=O)NC[C@H]2OCCCN2S(=O)(=O)c2ccc(F)c(C)c2)c1. The monoisotopic (exact) mass is 479 g/mol. The number of nitrogens with one attached hydrogen (secondary N) is 2. The summed E-state index contributed by atoms with van der Waals surface area (Å²) in [7, 11) is -2.47. The first-order valence-corrected chi connectivity index (χ1v) is 11.7. The fraction of sp³-hybridized carbons (Fsp3) is 0.364. The maximum atomic E-state index is 13.6. The van der Waals surface area contributed by atoms with Gasteiger partial charge < -0.3 is 20.1 Å². The topological polar surface area (TPSA) is 114 Å². The van der Waals surface area contributed by atoms with Crippen LogP contribution in [0.2, 0.25) is 0 Å². The molecule has 1 aliphatic rings. The van der Waals surface area contributed by atoms with E-state index < -0.39 is 33.9 Å². The molecular weight excluding hydrogens is 453 g/mol. The van der Waals surface area contributed by atoms with Crippen molar-refractivity contribution in [1.29, 1.82) is 0 Å². The molecule has 2 aromatic rings. The largest absolute Gasteiger partial charge is 0.497 e. The lowest BCUT2D eigenvalue weighted by atomic mass is 10.2. The lowest BCUT2D eigenvalue weighted by molar-refractivity contribution is -0.140. The van der Waals surface area contributed by atoms with Crippen molar-refractivity contribution in [2.24, 2.45) is 0 Å². The summed E-state index contributed by atoms with van der Waals surface area (Å²) in [6.45, 7) is 1.85. The lowest BCUT2D eigenvalue weighted by Crippen LogP contribution is -2.53. The number of aryl methyl sites for hydroxylation is 1. The number of ether oxygens (including phenoxy) is 2. The molecule has 11 heteroatoms. The highest BCUT2D eigenvalue weighted by atomic mass is 32.2. The molecule has 33 heavy (non-hydrogen) atoms. The summed E-state index contributed by atoms with van der Waals surface area (Å²) in [6, 6.07) is 10.6. The molecule has 3 rings (SSSR count). The molecule has 1 saturated heterocycles. The summed E-state index contributed by atoms with van der Waals surface area (Å²) in [5, 5.41) is 4.92. The van der Waals surface area contributed by atoms with Gasteiger partial charge in [-0.15, -0.1) is 0 Å². The molecule has 1 fully saturated rings. The van der Waals surface area contributed by atoms with Gasteiger partial charge in [0.15, 0.2) is 0 Å². The number of carbonyl (C=O) groups excluding carboxylic acids is 2. The Labute approximate surface area is 191 Å². The number of benzene rings is 2. The first-order chi connectivity index (χ1) is 15.7. The highest BCUT2D eigenvalue weighted by Gasteiger charge is 2.35. The molecule has 0 aromatic heterocycles.